The van der Waals surface area contributed by atoms with E-state index in [9.17, 15) is 4.79 Å². The molecule has 1 aliphatic carbocycles. The molecule has 0 amide bonds. The molecule has 0 spiro atoms. The van der Waals surface area contributed by atoms with E-state index in [1.165, 1.54) is 5.56 Å². The summed E-state index contributed by atoms with van der Waals surface area (Å²) in [5.74, 6) is 3.11. The van der Waals surface area contributed by atoms with Crippen molar-refractivity contribution in [1.82, 2.24) is 4.90 Å². The number of hydrogen-bond acceptors (Lipinski definition) is 5. The van der Waals surface area contributed by atoms with Crippen LogP contribution in [-0.2, 0) is 16.0 Å². The van der Waals surface area contributed by atoms with Crippen LogP contribution in [-0.4, -0.2) is 30.8 Å². The number of piperidine rings is 1. The van der Waals surface area contributed by atoms with Crippen LogP contribution in [0.15, 0.2) is 78.9 Å². The Bertz CT molecular complexity index is 1070. The van der Waals surface area contributed by atoms with E-state index in [2.05, 4.69) is 35.2 Å². The zero-order chi connectivity index (χ0) is 21.5. The first-order valence-electron chi connectivity index (χ1n) is 11.2. The highest BCUT2D eigenvalue weighted by molar-refractivity contribution is 5.63. The van der Waals surface area contributed by atoms with Gasteiger partial charge in [-0.05, 0) is 29.5 Å². The molecule has 6 rings (SSSR count). The van der Waals surface area contributed by atoms with E-state index in [-0.39, 0.29) is 0 Å². The van der Waals surface area contributed by atoms with Crippen molar-refractivity contribution in [1.29, 1.82) is 0 Å². The number of carbonyl (C=O) groups is 1. The third kappa shape index (κ3) is 3.63. The van der Waals surface area contributed by atoms with Gasteiger partial charge in [0.1, 0.15) is 11.5 Å². The number of likely N-dealkylation sites (tertiary alicyclic amines) is 1. The van der Waals surface area contributed by atoms with Crippen molar-refractivity contribution in [3.63, 3.8) is 0 Å². The molecule has 0 aromatic heterocycles. The molecule has 3 atom stereocenters. The highest BCUT2D eigenvalue weighted by Gasteiger charge is 2.55. The van der Waals surface area contributed by atoms with E-state index in [4.69, 9.17) is 14.2 Å². The van der Waals surface area contributed by atoms with Crippen molar-refractivity contribution < 1.29 is 19.0 Å². The van der Waals surface area contributed by atoms with Crippen LogP contribution < -0.4 is 4.74 Å². The lowest BCUT2D eigenvalue weighted by Crippen LogP contribution is -2.25. The molecule has 2 fully saturated rings. The zero-order valence-electron chi connectivity index (χ0n) is 17.7. The average Bonchev–Trinajstić information content (AvgIpc) is 3.28. The summed E-state index contributed by atoms with van der Waals surface area (Å²) in [6.45, 7) is 3.57. The van der Waals surface area contributed by atoms with E-state index in [1.807, 2.05) is 48.5 Å². The maximum absolute atomic E-state index is 12.6. The van der Waals surface area contributed by atoms with E-state index in [1.54, 1.807) is 0 Å². The van der Waals surface area contributed by atoms with Crippen molar-refractivity contribution in [2.24, 2.45) is 17.8 Å². The van der Waals surface area contributed by atoms with Crippen LogP contribution >= 0.6 is 0 Å². The van der Waals surface area contributed by atoms with Gasteiger partial charge in [-0.25, -0.2) is 4.79 Å². The number of hydrogen-bond donors (Lipinski definition) is 0. The summed E-state index contributed by atoms with van der Waals surface area (Å²) in [4.78, 5) is 15.1. The zero-order valence-corrected chi connectivity index (χ0v) is 17.7. The van der Waals surface area contributed by atoms with Gasteiger partial charge in [0.25, 0.3) is 0 Å². The van der Waals surface area contributed by atoms with Gasteiger partial charge in [-0.2, -0.15) is 0 Å². The third-order valence-electron chi connectivity index (χ3n) is 6.93. The first-order chi connectivity index (χ1) is 15.8. The molecular weight excluding hydrogens is 402 g/mol. The Labute approximate surface area is 187 Å². The first-order valence-corrected chi connectivity index (χ1v) is 11.2. The van der Waals surface area contributed by atoms with Crippen molar-refractivity contribution in [2.45, 2.75) is 12.6 Å². The largest absolute Gasteiger partial charge is 0.509 e. The topological polar surface area (TPSA) is 48.0 Å². The molecule has 5 nitrogen and oxygen atoms in total. The van der Waals surface area contributed by atoms with Crippen LogP contribution in [0.2, 0.25) is 0 Å². The Morgan fingerprint density at radius 3 is 2.09 bits per heavy atom. The number of para-hydroxylation sites is 2. The molecule has 5 heteroatoms. The molecule has 2 aliphatic heterocycles. The van der Waals surface area contributed by atoms with Gasteiger partial charge >= 0.3 is 6.16 Å². The summed E-state index contributed by atoms with van der Waals surface area (Å²) in [6, 6.07) is 25.9. The molecule has 1 saturated carbocycles. The van der Waals surface area contributed by atoms with Crippen LogP contribution in [0.1, 0.15) is 22.8 Å². The van der Waals surface area contributed by atoms with Crippen LogP contribution in [0, 0.1) is 17.8 Å². The van der Waals surface area contributed by atoms with Crippen molar-refractivity contribution in [3.8, 4) is 11.5 Å². The maximum Gasteiger partial charge on any atom is 0.509 e. The van der Waals surface area contributed by atoms with Crippen molar-refractivity contribution in [3.05, 3.63) is 95.6 Å². The fraction of sp³-hybridized carbons (Fsp3) is 0.296. The number of nitrogens with zero attached hydrogens (tertiary/aromatic N) is 1. The van der Waals surface area contributed by atoms with Gasteiger partial charge in [-0.15, -0.1) is 0 Å². The molecular formula is C27H25NO4. The van der Waals surface area contributed by atoms with Gasteiger partial charge < -0.3 is 14.2 Å². The van der Waals surface area contributed by atoms with Crippen LogP contribution in [0.3, 0.4) is 0 Å². The van der Waals surface area contributed by atoms with Crippen LogP contribution in [0.25, 0.3) is 0 Å². The Kier molecular flexibility index (Phi) is 4.84. The quantitative estimate of drug-likeness (QED) is 0.510. The second kappa shape index (κ2) is 7.99. The van der Waals surface area contributed by atoms with Gasteiger partial charge in [0.2, 0.25) is 0 Å². The Hall–Kier alpha value is -3.31. The first kappa shape index (κ1) is 19.4. The number of rotatable bonds is 5. The summed E-state index contributed by atoms with van der Waals surface area (Å²) in [6.07, 6.45) is -1.14. The average molecular weight is 428 g/mol. The highest BCUT2D eigenvalue weighted by Crippen LogP contribution is 2.52. The van der Waals surface area contributed by atoms with E-state index in [0.717, 1.165) is 30.8 Å². The van der Waals surface area contributed by atoms with E-state index >= 15 is 0 Å². The fourth-order valence-electron chi connectivity index (χ4n) is 5.24. The number of benzene rings is 3. The lowest BCUT2D eigenvalue weighted by molar-refractivity contribution is 0.0267. The fourth-order valence-corrected chi connectivity index (χ4v) is 5.24. The number of fused-ring (bicyclic) bond motifs is 3. The van der Waals surface area contributed by atoms with Crippen molar-refractivity contribution >= 4 is 6.16 Å². The predicted molar refractivity (Wildman–Crippen MR) is 119 cm³/mol. The van der Waals surface area contributed by atoms with E-state index in [0.29, 0.717) is 35.9 Å². The summed E-state index contributed by atoms with van der Waals surface area (Å²) in [7, 11) is 0. The van der Waals surface area contributed by atoms with Gasteiger partial charge in [-0.1, -0.05) is 66.7 Å². The SMILES string of the molecule is O=C(OC[C@@H]1C2CN(Cc3ccccc3)C[C@H]21)OC1c2ccccc2Oc2ccccc21. The molecule has 3 aromatic rings. The van der Waals surface area contributed by atoms with Crippen LogP contribution in [0.5, 0.6) is 11.5 Å². The Morgan fingerprint density at radius 2 is 1.44 bits per heavy atom. The summed E-state index contributed by atoms with van der Waals surface area (Å²) < 4.78 is 17.3. The predicted octanol–water partition coefficient (Wildman–Crippen LogP) is 5.41. The Morgan fingerprint density at radius 1 is 0.844 bits per heavy atom. The Balaban J connectivity index is 1.04. The van der Waals surface area contributed by atoms with E-state index < -0.39 is 12.3 Å². The van der Waals surface area contributed by atoms with Gasteiger partial charge in [-0.3, -0.25) is 4.90 Å². The molecule has 0 bridgehead atoms. The summed E-state index contributed by atoms with van der Waals surface area (Å²) in [5.41, 5.74) is 3.02. The molecule has 162 valence electrons. The minimum absolute atomic E-state index is 0.430. The molecule has 1 saturated heterocycles. The monoisotopic (exact) mass is 427 g/mol. The number of ether oxygens (including phenoxy) is 3. The summed E-state index contributed by atoms with van der Waals surface area (Å²) >= 11 is 0. The number of carbonyl (C=O) groups excluding carboxylic acids is 1. The standard InChI is InChI=1S/C27H25NO4/c29-27(30-17-23-21-15-28(16-22(21)23)14-18-8-2-1-3-9-18)32-26-19-10-4-6-12-24(19)31-25-13-7-5-11-20(25)26/h1-13,21-23,26H,14-17H2/t21-,22?,23+/m1/s1. The molecule has 3 aliphatic rings. The molecule has 3 aromatic carbocycles. The smallest absolute Gasteiger partial charge is 0.456 e. The minimum atomic E-state index is -0.618. The van der Waals surface area contributed by atoms with Crippen molar-refractivity contribution in [2.75, 3.05) is 19.7 Å². The third-order valence-corrected chi connectivity index (χ3v) is 6.93. The second-order valence-electron chi connectivity index (χ2n) is 8.91. The highest BCUT2D eigenvalue weighted by atomic mass is 16.7. The minimum Gasteiger partial charge on any atom is -0.456 e. The van der Waals surface area contributed by atoms with Gasteiger partial charge in [0.05, 0.1) is 6.61 Å². The maximum atomic E-state index is 12.6. The molecule has 0 N–H and O–H groups in total. The van der Waals surface area contributed by atoms with Gasteiger partial charge in [0.15, 0.2) is 6.10 Å². The molecule has 1 unspecified atom stereocenters. The molecule has 32 heavy (non-hydrogen) atoms. The second-order valence-corrected chi connectivity index (χ2v) is 8.91. The molecule has 2 heterocycles. The molecule has 0 radical (unpaired) electrons. The summed E-state index contributed by atoms with van der Waals surface area (Å²) in [5, 5.41) is 0. The van der Waals surface area contributed by atoms with Gasteiger partial charge in [0, 0.05) is 36.7 Å². The van der Waals surface area contributed by atoms with Crippen LogP contribution in [0.4, 0.5) is 4.79 Å². The normalized spacial score (nSPS) is 23.4. The lowest BCUT2D eigenvalue weighted by atomic mass is 9.97. The lowest BCUT2D eigenvalue weighted by Gasteiger charge is -2.27.